The van der Waals surface area contributed by atoms with Gasteiger partial charge in [-0.25, -0.2) is 9.38 Å². The highest BCUT2D eigenvalue weighted by molar-refractivity contribution is 6.07. The van der Waals surface area contributed by atoms with Crippen LogP contribution in [0.5, 0.6) is 0 Å². The van der Waals surface area contributed by atoms with Crippen molar-refractivity contribution in [2.24, 2.45) is 10.7 Å². The number of guanidine groups is 1. The third kappa shape index (κ3) is 1.44. The minimum atomic E-state index is -1.08. The van der Waals surface area contributed by atoms with E-state index in [1.165, 1.54) is 12.1 Å². The lowest BCUT2D eigenvalue weighted by molar-refractivity contribution is -0.124. The maximum Gasteiger partial charge on any atom is 0.259 e. The zero-order valence-electron chi connectivity index (χ0n) is 8.83. The number of carbonyl (C=O) groups excluding carboxylic acids is 1. The average Bonchev–Trinajstić information content (AvgIpc) is 2.54. The number of carbonyl (C=O) groups is 1. The Morgan fingerprint density at radius 3 is 2.81 bits per heavy atom. The van der Waals surface area contributed by atoms with Crippen molar-refractivity contribution in [3.63, 3.8) is 0 Å². The number of nitrogens with zero attached hydrogens (tertiary/aromatic N) is 1. The van der Waals surface area contributed by atoms with Crippen LogP contribution in [-0.4, -0.2) is 11.9 Å². The Balaban J connectivity index is 2.55. The summed E-state index contributed by atoms with van der Waals surface area (Å²) in [6.45, 7) is 1.81. The lowest BCUT2D eigenvalue weighted by Gasteiger charge is -2.21. The van der Waals surface area contributed by atoms with Gasteiger partial charge in [-0.3, -0.25) is 10.1 Å². The van der Waals surface area contributed by atoms with Crippen molar-refractivity contribution in [1.29, 1.82) is 0 Å². The summed E-state index contributed by atoms with van der Waals surface area (Å²) in [6.07, 6.45) is 0.434. The number of nitrogens with one attached hydrogen (secondary N) is 1. The molecular formula is C11H12FN3O. The molecule has 1 aromatic carbocycles. The largest absolute Gasteiger partial charge is 0.370 e. The monoisotopic (exact) mass is 221 g/mol. The van der Waals surface area contributed by atoms with Crippen LogP contribution in [0, 0.1) is 5.82 Å². The molecule has 16 heavy (non-hydrogen) atoms. The molecule has 0 aromatic heterocycles. The molecule has 84 valence electrons. The number of hydrogen-bond acceptors (Lipinski definition) is 3. The number of benzene rings is 1. The van der Waals surface area contributed by atoms with Gasteiger partial charge in [0.15, 0.2) is 11.5 Å². The average molecular weight is 221 g/mol. The van der Waals surface area contributed by atoms with E-state index in [0.717, 1.165) is 0 Å². The van der Waals surface area contributed by atoms with Crippen LogP contribution in [0.3, 0.4) is 0 Å². The van der Waals surface area contributed by atoms with Crippen molar-refractivity contribution in [3.05, 3.63) is 35.6 Å². The zero-order valence-corrected chi connectivity index (χ0v) is 8.83. The van der Waals surface area contributed by atoms with Gasteiger partial charge in [-0.05, 0) is 24.1 Å². The van der Waals surface area contributed by atoms with Crippen molar-refractivity contribution in [1.82, 2.24) is 5.32 Å². The molecule has 0 fully saturated rings. The van der Waals surface area contributed by atoms with Gasteiger partial charge in [-0.2, -0.15) is 0 Å². The van der Waals surface area contributed by atoms with Gasteiger partial charge in [0.1, 0.15) is 5.82 Å². The van der Waals surface area contributed by atoms with Crippen molar-refractivity contribution in [2.45, 2.75) is 18.9 Å². The standard InChI is InChI=1S/C11H12FN3O/c1-2-11(9(16)14-10(13)15-11)7-4-3-5-8(12)6-7/h3-6H,2H2,1H3,(H3,13,14,15,16). The summed E-state index contributed by atoms with van der Waals surface area (Å²) in [5.74, 6) is -0.618. The van der Waals surface area contributed by atoms with Crippen molar-refractivity contribution in [3.8, 4) is 0 Å². The molecule has 1 amide bonds. The molecule has 1 atom stereocenters. The summed E-state index contributed by atoms with van der Waals surface area (Å²) >= 11 is 0. The normalized spacial score (nSPS) is 24.1. The summed E-state index contributed by atoms with van der Waals surface area (Å²) in [6, 6.07) is 5.87. The lowest BCUT2D eigenvalue weighted by Crippen LogP contribution is -2.38. The second-order valence-electron chi connectivity index (χ2n) is 3.68. The second-order valence-corrected chi connectivity index (χ2v) is 3.68. The van der Waals surface area contributed by atoms with E-state index in [4.69, 9.17) is 5.73 Å². The molecule has 0 spiro atoms. The minimum Gasteiger partial charge on any atom is -0.370 e. The van der Waals surface area contributed by atoms with Gasteiger partial charge in [0.25, 0.3) is 5.91 Å². The molecule has 1 unspecified atom stereocenters. The van der Waals surface area contributed by atoms with Gasteiger partial charge in [0.05, 0.1) is 0 Å². The Bertz CT molecular complexity index is 472. The van der Waals surface area contributed by atoms with Crippen molar-refractivity contribution >= 4 is 11.9 Å². The van der Waals surface area contributed by atoms with Crippen LogP contribution in [0.25, 0.3) is 0 Å². The summed E-state index contributed by atoms with van der Waals surface area (Å²) < 4.78 is 13.1. The van der Waals surface area contributed by atoms with Crippen LogP contribution >= 0.6 is 0 Å². The molecule has 1 aromatic rings. The SMILES string of the molecule is CCC1(c2cccc(F)c2)N=C(N)NC1=O. The lowest BCUT2D eigenvalue weighted by atomic mass is 9.87. The van der Waals surface area contributed by atoms with Gasteiger partial charge in [0, 0.05) is 0 Å². The van der Waals surface area contributed by atoms with Crippen LogP contribution < -0.4 is 11.1 Å². The Morgan fingerprint density at radius 2 is 2.31 bits per heavy atom. The number of rotatable bonds is 2. The smallest absolute Gasteiger partial charge is 0.259 e. The number of nitrogens with two attached hydrogens (primary N) is 1. The fourth-order valence-electron chi connectivity index (χ4n) is 1.89. The Kier molecular flexibility index (Phi) is 2.38. The molecule has 1 heterocycles. The number of halogens is 1. The fourth-order valence-corrected chi connectivity index (χ4v) is 1.89. The topological polar surface area (TPSA) is 67.5 Å². The maximum atomic E-state index is 13.1. The molecule has 5 heteroatoms. The molecule has 3 N–H and O–H groups in total. The molecular weight excluding hydrogens is 209 g/mol. The molecule has 0 radical (unpaired) electrons. The van der Waals surface area contributed by atoms with E-state index in [1.807, 2.05) is 6.92 Å². The van der Waals surface area contributed by atoms with E-state index < -0.39 is 11.4 Å². The zero-order chi connectivity index (χ0) is 11.8. The number of amides is 1. The first kappa shape index (κ1) is 10.6. The Labute approximate surface area is 92.4 Å². The van der Waals surface area contributed by atoms with Gasteiger partial charge in [0.2, 0.25) is 0 Å². The summed E-state index contributed by atoms with van der Waals surface area (Å²) in [5, 5.41) is 2.44. The maximum absolute atomic E-state index is 13.1. The predicted octanol–water partition coefficient (Wildman–Crippen LogP) is 0.875. The van der Waals surface area contributed by atoms with Gasteiger partial charge < -0.3 is 5.73 Å². The van der Waals surface area contributed by atoms with Gasteiger partial charge in [-0.1, -0.05) is 19.1 Å². The first-order valence-electron chi connectivity index (χ1n) is 5.01. The van der Waals surface area contributed by atoms with Crippen LogP contribution in [0.4, 0.5) is 4.39 Å². The molecule has 2 rings (SSSR count). The highest BCUT2D eigenvalue weighted by Crippen LogP contribution is 2.32. The van der Waals surface area contributed by atoms with E-state index in [9.17, 15) is 9.18 Å². The quantitative estimate of drug-likeness (QED) is 0.778. The second kappa shape index (κ2) is 3.59. The first-order valence-corrected chi connectivity index (χ1v) is 5.01. The third-order valence-corrected chi connectivity index (χ3v) is 2.74. The van der Waals surface area contributed by atoms with E-state index in [0.29, 0.717) is 12.0 Å². The van der Waals surface area contributed by atoms with E-state index >= 15 is 0 Å². The first-order chi connectivity index (χ1) is 7.58. The van der Waals surface area contributed by atoms with Crippen molar-refractivity contribution < 1.29 is 9.18 Å². The highest BCUT2D eigenvalue weighted by Gasteiger charge is 2.43. The number of aliphatic imine (C=N–C) groups is 1. The van der Waals surface area contributed by atoms with E-state index in [1.54, 1.807) is 12.1 Å². The summed E-state index contributed by atoms with van der Waals surface area (Å²) in [7, 11) is 0. The molecule has 1 aliphatic heterocycles. The van der Waals surface area contributed by atoms with Crippen LogP contribution in [0.15, 0.2) is 29.3 Å². The summed E-state index contributed by atoms with van der Waals surface area (Å²) in [5.41, 5.74) is 4.92. The number of hydrogen-bond donors (Lipinski definition) is 2. The molecule has 0 bridgehead atoms. The summed E-state index contributed by atoms with van der Waals surface area (Å²) in [4.78, 5) is 15.9. The van der Waals surface area contributed by atoms with Crippen LogP contribution in [0.2, 0.25) is 0 Å². The molecule has 1 aliphatic rings. The highest BCUT2D eigenvalue weighted by atomic mass is 19.1. The van der Waals surface area contributed by atoms with Crippen LogP contribution in [-0.2, 0) is 10.3 Å². The minimum absolute atomic E-state index is 0.0797. The Morgan fingerprint density at radius 1 is 1.56 bits per heavy atom. The molecule has 0 saturated carbocycles. The predicted molar refractivity (Wildman–Crippen MR) is 58.1 cm³/mol. The van der Waals surface area contributed by atoms with Crippen LogP contribution in [0.1, 0.15) is 18.9 Å². The molecule has 4 nitrogen and oxygen atoms in total. The Hall–Kier alpha value is -1.91. The molecule has 0 aliphatic carbocycles. The van der Waals surface area contributed by atoms with Gasteiger partial charge in [-0.15, -0.1) is 0 Å². The third-order valence-electron chi connectivity index (χ3n) is 2.74. The fraction of sp³-hybridized carbons (Fsp3) is 0.273. The van der Waals surface area contributed by atoms with E-state index in [-0.39, 0.29) is 11.9 Å². The van der Waals surface area contributed by atoms with Crippen molar-refractivity contribution in [2.75, 3.05) is 0 Å². The van der Waals surface area contributed by atoms with Gasteiger partial charge >= 0.3 is 0 Å². The molecule has 0 saturated heterocycles. The van der Waals surface area contributed by atoms with E-state index in [2.05, 4.69) is 10.3 Å².